The highest BCUT2D eigenvalue weighted by Crippen LogP contribution is 2.28. The van der Waals surface area contributed by atoms with Gasteiger partial charge in [0.1, 0.15) is 12.0 Å². The molecule has 120 valence electrons. The number of aryl methyl sites for hydroxylation is 1. The van der Waals surface area contributed by atoms with Gasteiger partial charge in [-0.1, -0.05) is 18.2 Å². The molecule has 0 aliphatic carbocycles. The average Bonchev–Trinajstić information content (AvgIpc) is 3.08. The summed E-state index contributed by atoms with van der Waals surface area (Å²) in [5.74, 6) is 0.887. The van der Waals surface area contributed by atoms with E-state index in [-0.39, 0.29) is 5.91 Å². The van der Waals surface area contributed by atoms with Gasteiger partial charge in [-0.2, -0.15) is 0 Å². The van der Waals surface area contributed by atoms with Crippen molar-refractivity contribution in [1.29, 1.82) is 0 Å². The standard InChI is InChI=1S/C16H20N6O/c1-11-6-2-3-7-12(11)16(23)21-20-14-13(17)15(19-10-18-14)22-8-4-5-9-22/h2-3,6-7,10H,4-5,8-9,17H2,1H3,(H,21,23)(H,18,19,20). The summed E-state index contributed by atoms with van der Waals surface area (Å²) in [4.78, 5) is 22.7. The van der Waals surface area contributed by atoms with Crippen molar-refractivity contribution in [2.24, 2.45) is 0 Å². The number of carbonyl (C=O) groups excluding carboxylic acids is 1. The highest BCUT2D eigenvalue weighted by atomic mass is 16.2. The van der Waals surface area contributed by atoms with Crippen molar-refractivity contribution in [3.8, 4) is 0 Å². The maximum absolute atomic E-state index is 12.2. The second kappa shape index (κ2) is 6.51. The first kappa shape index (κ1) is 15.1. The molecule has 2 heterocycles. The molecule has 1 saturated heterocycles. The summed E-state index contributed by atoms with van der Waals surface area (Å²) >= 11 is 0. The number of hydrazine groups is 1. The van der Waals surface area contributed by atoms with E-state index in [4.69, 9.17) is 5.73 Å². The van der Waals surface area contributed by atoms with Gasteiger partial charge >= 0.3 is 0 Å². The lowest BCUT2D eigenvalue weighted by Gasteiger charge is -2.19. The Morgan fingerprint density at radius 3 is 2.70 bits per heavy atom. The summed E-state index contributed by atoms with van der Waals surface area (Å²) in [6, 6.07) is 7.38. The van der Waals surface area contributed by atoms with E-state index < -0.39 is 0 Å². The number of anilines is 3. The quantitative estimate of drug-likeness (QED) is 0.744. The number of hydrogen-bond donors (Lipinski definition) is 3. The molecule has 0 atom stereocenters. The minimum absolute atomic E-state index is 0.233. The Morgan fingerprint density at radius 2 is 1.96 bits per heavy atom. The van der Waals surface area contributed by atoms with E-state index in [1.807, 2.05) is 25.1 Å². The third kappa shape index (κ3) is 3.18. The van der Waals surface area contributed by atoms with Crippen LogP contribution in [0.4, 0.5) is 17.3 Å². The van der Waals surface area contributed by atoms with E-state index in [0.29, 0.717) is 22.9 Å². The fourth-order valence-corrected chi connectivity index (χ4v) is 2.68. The van der Waals surface area contributed by atoms with Crippen LogP contribution in [0, 0.1) is 6.92 Å². The highest BCUT2D eigenvalue weighted by molar-refractivity contribution is 5.96. The summed E-state index contributed by atoms with van der Waals surface area (Å²) in [6.45, 7) is 3.77. The molecule has 2 aromatic rings. The van der Waals surface area contributed by atoms with E-state index in [2.05, 4.69) is 25.7 Å². The van der Waals surface area contributed by atoms with Crippen LogP contribution in [0.3, 0.4) is 0 Å². The summed E-state index contributed by atoms with van der Waals surface area (Å²) < 4.78 is 0. The third-order valence-electron chi connectivity index (χ3n) is 3.95. The molecule has 0 unspecified atom stereocenters. The van der Waals surface area contributed by atoms with Gasteiger partial charge in [-0.25, -0.2) is 9.97 Å². The molecule has 3 rings (SSSR count). The molecule has 7 heteroatoms. The largest absolute Gasteiger partial charge is 0.393 e. The van der Waals surface area contributed by atoms with Crippen molar-refractivity contribution in [2.45, 2.75) is 19.8 Å². The van der Waals surface area contributed by atoms with E-state index in [9.17, 15) is 4.79 Å². The van der Waals surface area contributed by atoms with Gasteiger partial charge in [-0.3, -0.25) is 15.6 Å². The van der Waals surface area contributed by atoms with Gasteiger partial charge in [-0.05, 0) is 31.4 Å². The zero-order valence-corrected chi connectivity index (χ0v) is 13.0. The molecule has 0 bridgehead atoms. The van der Waals surface area contributed by atoms with Gasteiger partial charge in [-0.15, -0.1) is 0 Å². The number of rotatable bonds is 4. The highest BCUT2D eigenvalue weighted by Gasteiger charge is 2.18. The van der Waals surface area contributed by atoms with Crippen molar-refractivity contribution >= 4 is 23.2 Å². The lowest BCUT2D eigenvalue weighted by molar-refractivity contribution is 0.0962. The number of aromatic nitrogens is 2. The Hall–Kier alpha value is -2.83. The van der Waals surface area contributed by atoms with Gasteiger partial charge < -0.3 is 10.6 Å². The molecule has 0 radical (unpaired) electrons. The Bertz CT molecular complexity index is 711. The molecule has 4 N–H and O–H groups in total. The average molecular weight is 312 g/mol. The van der Waals surface area contributed by atoms with Gasteiger partial charge in [0.25, 0.3) is 5.91 Å². The summed E-state index contributed by atoms with van der Waals surface area (Å²) in [5.41, 5.74) is 13.5. The van der Waals surface area contributed by atoms with Crippen LogP contribution in [0.25, 0.3) is 0 Å². The normalized spacial score (nSPS) is 13.9. The second-order valence-electron chi connectivity index (χ2n) is 5.55. The number of nitrogens with two attached hydrogens (primary N) is 1. The molecule has 1 fully saturated rings. The van der Waals surface area contributed by atoms with Crippen LogP contribution in [0.1, 0.15) is 28.8 Å². The Kier molecular flexibility index (Phi) is 4.27. The van der Waals surface area contributed by atoms with Crippen molar-refractivity contribution in [3.05, 3.63) is 41.7 Å². The second-order valence-corrected chi connectivity index (χ2v) is 5.55. The Balaban J connectivity index is 1.72. The summed E-state index contributed by atoms with van der Waals surface area (Å²) in [5, 5.41) is 0. The van der Waals surface area contributed by atoms with Gasteiger partial charge in [0.05, 0.1) is 0 Å². The molecule has 0 saturated carbocycles. The van der Waals surface area contributed by atoms with E-state index >= 15 is 0 Å². The number of nitrogens with zero attached hydrogens (tertiary/aromatic N) is 3. The van der Waals surface area contributed by atoms with Crippen molar-refractivity contribution in [3.63, 3.8) is 0 Å². The van der Waals surface area contributed by atoms with Gasteiger partial charge in [0.2, 0.25) is 0 Å². The molecular formula is C16H20N6O. The third-order valence-corrected chi connectivity index (χ3v) is 3.95. The zero-order valence-electron chi connectivity index (χ0n) is 13.0. The maximum atomic E-state index is 12.2. The van der Waals surface area contributed by atoms with Gasteiger partial charge in [0, 0.05) is 18.7 Å². The van der Waals surface area contributed by atoms with Crippen LogP contribution >= 0.6 is 0 Å². The SMILES string of the molecule is Cc1ccccc1C(=O)NNc1ncnc(N2CCCC2)c1N. The zero-order chi connectivity index (χ0) is 16.2. The first-order valence-electron chi connectivity index (χ1n) is 7.64. The maximum Gasteiger partial charge on any atom is 0.269 e. The van der Waals surface area contributed by atoms with E-state index in [1.165, 1.54) is 6.33 Å². The first-order valence-corrected chi connectivity index (χ1v) is 7.64. The number of benzene rings is 1. The molecule has 1 amide bonds. The fraction of sp³-hybridized carbons (Fsp3) is 0.312. The van der Waals surface area contributed by atoms with Crippen LogP contribution in [0.5, 0.6) is 0 Å². The van der Waals surface area contributed by atoms with Crippen LogP contribution in [-0.2, 0) is 0 Å². The molecule has 23 heavy (non-hydrogen) atoms. The number of nitrogens with one attached hydrogen (secondary N) is 2. The van der Waals surface area contributed by atoms with Crippen LogP contribution in [0.15, 0.2) is 30.6 Å². The first-order chi connectivity index (χ1) is 11.2. The monoisotopic (exact) mass is 312 g/mol. The van der Waals surface area contributed by atoms with Crippen LogP contribution in [0.2, 0.25) is 0 Å². The van der Waals surface area contributed by atoms with Crippen molar-refractivity contribution in [1.82, 2.24) is 15.4 Å². The minimum Gasteiger partial charge on any atom is -0.393 e. The van der Waals surface area contributed by atoms with Crippen LogP contribution < -0.4 is 21.5 Å². The number of carbonyl (C=O) groups is 1. The predicted octanol–water partition coefficient (Wildman–Crippen LogP) is 1.72. The fourth-order valence-electron chi connectivity index (χ4n) is 2.68. The summed E-state index contributed by atoms with van der Waals surface area (Å²) in [6.07, 6.45) is 3.72. The molecule has 0 spiro atoms. The molecule has 1 aliphatic rings. The van der Waals surface area contributed by atoms with Crippen LogP contribution in [-0.4, -0.2) is 29.0 Å². The summed E-state index contributed by atoms with van der Waals surface area (Å²) in [7, 11) is 0. The topological polar surface area (TPSA) is 96.2 Å². The van der Waals surface area contributed by atoms with Crippen molar-refractivity contribution in [2.75, 3.05) is 29.1 Å². The smallest absolute Gasteiger partial charge is 0.269 e. The molecular weight excluding hydrogens is 292 g/mol. The van der Waals surface area contributed by atoms with E-state index in [1.54, 1.807) is 6.07 Å². The Labute approximate surface area is 134 Å². The van der Waals surface area contributed by atoms with Crippen molar-refractivity contribution < 1.29 is 4.79 Å². The lowest BCUT2D eigenvalue weighted by Crippen LogP contribution is -2.31. The van der Waals surface area contributed by atoms with Gasteiger partial charge in [0.15, 0.2) is 11.6 Å². The minimum atomic E-state index is -0.233. The molecule has 1 aromatic carbocycles. The molecule has 7 nitrogen and oxygen atoms in total. The van der Waals surface area contributed by atoms with E-state index in [0.717, 1.165) is 31.5 Å². The lowest BCUT2D eigenvalue weighted by atomic mass is 10.1. The Morgan fingerprint density at radius 1 is 1.22 bits per heavy atom. The molecule has 1 aliphatic heterocycles. The number of nitrogen functional groups attached to an aromatic ring is 1. The predicted molar refractivity (Wildman–Crippen MR) is 90.2 cm³/mol. The molecule has 1 aromatic heterocycles. The number of hydrogen-bond acceptors (Lipinski definition) is 6. The number of amides is 1.